The van der Waals surface area contributed by atoms with Gasteiger partial charge in [-0.3, -0.25) is 4.79 Å². The zero-order chi connectivity index (χ0) is 24.6. The molecule has 0 fully saturated rings. The van der Waals surface area contributed by atoms with E-state index in [4.69, 9.17) is 9.47 Å². The molecule has 0 bridgehead atoms. The second-order valence-electron chi connectivity index (χ2n) is 6.89. The summed E-state index contributed by atoms with van der Waals surface area (Å²) in [5.41, 5.74) is 3.11. The van der Waals surface area contributed by atoms with Crippen molar-refractivity contribution in [2.45, 2.75) is 26.4 Å². The van der Waals surface area contributed by atoms with Crippen LogP contribution in [0.15, 0.2) is 52.9 Å². The molecular formula is C23H23F3N4O3S. The van der Waals surface area contributed by atoms with Crippen molar-refractivity contribution < 1.29 is 27.4 Å². The maximum absolute atomic E-state index is 12.9. The van der Waals surface area contributed by atoms with Crippen LogP contribution in [0.3, 0.4) is 0 Å². The molecule has 0 aliphatic rings. The number of nitrogens with one attached hydrogen (secondary N) is 2. The minimum absolute atomic E-state index is 0.0361. The molecule has 0 aliphatic carbocycles. The van der Waals surface area contributed by atoms with Crippen molar-refractivity contribution >= 4 is 34.3 Å². The number of carbonyl (C=O) groups excluding carboxylic acids is 1. The van der Waals surface area contributed by atoms with Crippen LogP contribution in [-0.4, -0.2) is 30.3 Å². The van der Waals surface area contributed by atoms with Crippen LogP contribution in [0.1, 0.15) is 30.7 Å². The smallest absolute Gasteiger partial charge is 0.416 e. The van der Waals surface area contributed by atoms with Crippen LogP contribution in [0.2, 0.25) is 0 Å². The number of thiazole rings is 1. The van der Waals surface area contributed by atoms with Gasteiger partial charge in [-0.15, -0.1) is 11.3 Å². The number of halogens is 3. The fourth-order valence-electron chi connectivity index (χ4n) is 2.87. The third-order valence-corrected chi connectivity index (χ3v) is 5.11. The van der Waals surface area contributed by atoms with Gasteiger partial charge >= 0.3 is 6.18 Å². The van der Waals surface area contributed by atoms with E-state index in [0.717, 1.165) is 12.1 Å². The van der Waals surface area contributed by atoms with Gasteiger partial charge in [0.15, 0.2) is 16.6 Å². The van der Waals surface area contributed by atoms with Crippen LogP contribution in [0.5, 0.6) is 11.5 Å². The number of hydrogen-bond donors (Lipinski definition) is 2. The van der Waals surface area contributed by atoms with E-state index in [-0.39, 0.29) is 18.0 Å². The molecule has 0 atom stereocenters. The summed E-state index contributed by atoms with van der Waals surface area (Å²) < 4.78 is 49.7. The summed E-state index contributed by atoms with van der Waals surface area (Å²) in [6.45, 7) is 4.75. The summed E-state index contributed by atoms with van der Waals surface area (Å²) in [4.78, 5) is 16.4. The second-order valence-corrected chi connectivity index (χ2v) is 7.75. The highest BCUT2D eigenvalue weighted by Gasteiger charge is 2.30. The van der Waals surface area contributed by atoms with Gasteiger partial charge in [0, 0.05) is 11.1 Å². The lowest BCUT2D eigenvalue weighted by Crippen LogP contribution is -2.19. The van der Waals surface area contributed by atoms with E-state index in [0.29, 0.717) is 41.1 Å². The van der Waals surface area contributed by atoms with Gasteiger partial charge in [0.1, 0.15) is 0 Å². The van der Waals surface area contributed by atoms with Crippen molar-refractivity contribution in [3.05, 3.63) is 64.7 Å². The number of anilines is 2. The molecule has 180 valence electrons. The van der Waals surface area contributed by atoms with E-state index in [1.807, 2.05) is 13.8 Å². The summed E-state index contributed by atoms with van der Waals surface area (Å²) >= 11 is 1.18. The highest BCUT2D eigenvalue weighted by atomic mass is 32.1. The van der Waals surface area contributed by atoms with Gasteiger partial charge in [-0.05, 0) is 55.8 Å². The number of nitrogens with zero attached hydrogens (tertiary/aromatic N) is 2. The maximum Gasteiger partial charge on any atom is 0.416 e. The molecule has 0 spiro atoms. The molecule has 11 heteroatoms. The molecule has 0 unspecified atom stereocenters. The Kier molecular flexibility index (Phi) is 8.47. The fraction of sp³-hybridized carbons (Fsp3) is 0.261. The molecule has 0 aliphatic heterocycles. The first-order chi connectivity index (χ1) is 16.3. The van der Waals surface area contributed by atoms with Crippen LogP contribution < -0.4 is 20.2 Å². The molecule has 34 heavy (non-hydrogen) atoms. The molecule has 2 aromatic carbocycles. The first-order valence-electron chi connectivity index (χ1n) is 10.4. The molecule has 7 nitrogen and oxygen atoms in total. The average molecular weight is 493 g/mol. The Labute approximate surface area is 198 Å². The zero-order valence-corrected chi connectivity index (χ0v) is 19.3. The normalized spacial score (nSPS) is 11.4. The summed E-state index contributed by atoms with van der Waals surface area (Å²) in [5, 5.41) is 8.81. The predicted octanol–water partition coefficient (Wildman–Crippen LogP) is 5.40. The minimum atomic E-state index is -4.43. The number of hydrazone groups is 1. The SMILES string of the molecule is CCOc1ccc(/C=N/NC(=O)Cc2csc(Nc3cccc(C(F)(F)F)c3)n2)cc1OCC. The standard InChI is InChI=1S/C23H23F3N4O3S/c1-3-32-19-9-8-15(10-20(19)33-4-2)13-27-30-21(31)12-18-14-34-22(29-18)28-17-7-5-6-16(11-17)23(24,25)26/h5-11,13-14H,3-4,12H2,1-2H3,(H,28,29)(H,30,31)/b27-13+. The lowest BCUT2D eigenvalue weighted by molar-refractivity contribution is -0.137. The molecule has 0 saturated carbocycles. The first kappa shape index (κ1) is 25.0. The van der Waals surface area contributed by atoms with E-state index in [9.17, 15) is 18.0 Å². The summed E-state index contributed by atoms with van der Waals surface area (Å²) in [5.74, 6) is 0.828. The summed E-state index contributed by atoms with van der Waals surface area (Å²) in [6, 6.07) is 10.1. The molecule has 1 aromatic heterocycles. The average Bonchev–Trinajstić information content (AvgIpc) is 3.22. The van der Waals surface area contributed by atoms with Crippen molar-refractivity contribution in [3.8, 4) is 11.5 Å². The minimum Gasteiger partial charge on any atom is -0.490 e. The van der Waals surface area contributed by atoms with Crippen molar-refractivity contribution in [2.24, 2.45) is 5.10 Å². The molecule has 0 radical (unpaired) electrons. The van der Waals surface area contributed by atoms with E-state index in [2.05, 4.69) is 20.8 Å². The number of alkyl halides is 3. The second kappa shape index (κ2) is 11.5. The summed E-state index contributed by atoms with van der Waals surface area (Å²) in [7, 11) is 0. The van der Waals surface area contributed by atoms with Gasteiger partial charge in [0.05, 0.1) is 37.1 Å². The zero-order valence-electron chi connectivity index (χ0n) is 18.5. The number of amides is 1. The Morgan fingerprint density at radius 1 is 1.12 bits per heavy atom. The number of carbonyl (C=O) groups is 1. The molecule has 0 saturated heterocycles. The third kappa shape index (κ3) is 7.20. The highest BCUT2D eigenvalue weighted by molar-refractivity contribution is 7.13. The third-order valence-electron chi connectivity index (χ3n) is 4.30. The van der Waals surface area contributed by atoms with Crippen LogP contribution in [-0.2, 0) is 17.4 Å². The van der Waals surface area contributed by atoms with E-state index >= 15 is 0 Å². The van der Waals surface area contributed by atoms with Gasteiger partial charge in [-0.25, -0.2) is 10.4 Å². The fourth-order valence-corrected chi connectivity index (χ4v) is 3.60. The number of hydrogen-bond acceptors (Lipinski definition) is 7. The van der Waals surface area contributed by atoms with E-state index < -0.39 is 11.7 Å². The van der Waals surface area contributed by atoms with Gasteiger partial charge < -0.3 is 14.8 Å². The Hall–Kier alpha value is -3.60. The Balaban J connectivity index is 1.55. The molecular weight excluding hydrogens is 469 g/mol. The largest absolute Gasteiger partial charge is 0.490 e. The lowest BCUT2D eigenvalue weighted by Gasteiger charge is -2.11. The molecule has 2 N–H and O–H groups in total. The number of aromatic nitrogens is 1. The monoisotopic (exact) mass is 492 g/mol. The summed E-state index contributed by atoms with van der Waals surface area (Å²) in [6.07, 6.45) is -2.98. The van der Waals surface area contributed by atoms with Crippen LogP contribution >= 0.6 is 11.3 Å². The predicted molar refractivity (Wildman–Crippen MR) is 125 cm³/mol. The van der Waals surface area contributed by atoms with Crippen molar-refractivity contribution in [1.82, 2.24) is 10.4 Å². The molecule has 1 amide bonds. The molecule has 3 aromatic rings. The topological polar surface area (TPSA) is 84.8 Å². The number of rotatable bonds is 10. The number of benzene rings is 2. The van der Waals surface area contributed by atoms with Gasteiger partial charge in [0.2, 0.25) is 5.91 Å². The molecule has 1 heterocycles. The van der Waals surface area contributed by atoms with Gasteiger partial charge in [0.25, 0.3) is 0 Å². The Bertz CT molecular complexity index is 1150. The van der Waals surface area contributed by atoms with Gasteiger partial charge in [-0.1, -0.05) is 6.07 Å². The van der Waals surface area contributed by atoms with Crippen LogP contribution in [0.25, 0.3) is 0 Å². The van der Waals surface area contributed by atoms with Crippen molar-refractivity contribution in [3.63, 3.8) is 0 Å². The van der Waals surface area contributed by atoms with Crippen molar-refractivity contribution in [1.29, 1.82) is 0 Å². The van der Waals surface area contributed by atoms with Crippen LogP contribution in [0, 0.1) is 0 Å². The van der Waals surface area contributed by atoms with Crippen molar-refractivity contribution in [2.75, 3.05) is 18.5 Å². The quantitative estimate of drug-likeness (QED) is 0.293. The van der Waals surface area contributed by atoms with Crippen LogP contribution in [0.4, 0.5) is 24.0 Å². The number of ether oxygens (including phenoxy) is 2. The van der Waals surface area contributed by atoms with E-state index in [1.54, 1.807) is 23.6 Å². The van der Waals surface area contributed by atoms with Gasteiger partial charge in [-0.2, -0.15) is 18.3 Å². The maximum atomic E-state index is 12.9. The Morgan fingerprint density at radius 2 is 1.88 bits per heavy atom. The Morgan fingerprint density at radius 3 is 2.62 bits per heavy atom. The highest BCUT2D eigenvalue weighted by Crippen LogP contribution is 2.32. The first-order valence-corrected chi connectivity index (χ1v) is 11.3. The lowest BCUT2D eigenvalue weighted by atomic mass is 10.2. The van der Waals surface area contributed by atoms with E-state index in [1.165, 1.54) is 29.7 Å². The molecule has 3 rings (SSSR count).